The van der Waals surface area contributed by atoms with Crippen LogP contribution in [0.2, 0.25) is 0 Å². The highest BCUT2D eigenvalue weighted by Gasteiger charge is 2.16. The lowest BCUT2D eigenvalue weighted by Crippen LogP contribution is -3.00. The van der Waals surface area contributed by atoms with E-state index in [1.165, 1.54) is 42.6 Å². The third kappa shape index (κ3) is 2.50. The molecule has 1 nitrogen and oxygen atoms in total. The van der Waals surface area contributed by atoms with E-state index in [0.717, 1.165) is 0 Å². The number of halogens is 1. The molecule has 0 fully saturated rings. The van der Waals surface area contributed by atoms with Gasteiger partial charge in [-0.3, -0.25) is 0 Å². The van der Waals surface area contributed by atoms with Crippen LogP contribution >= 0.6 is 0 Å². The van der Waals surface area contributed by atoms with Gasteiger partial charge >= 0.3 is 0 Å². The largest absolute Gasteiger partial charge is 1.00 e. The maximum absolute atomic E-state index is 2.41. The molecule has 0 radical (unpaired) electrons. The summed E-state index contributed by atoms with van der Waals surface area (Å²) >= 11 is 0. The molecule has 0 saturated carbocycles. The predicted molar refractivity (Wildman–Crippen MR) is 65.0 cm³/mol. The summed E-state index contributed by atoms with van der Waals surface area (Å²) in [6, 6.07) is 15.1. The Hall–Kier alpha value is -1.34. The zero-order valence-electron chi connectivity index (χ0n) is 9.77. The van der Waals surface area contributed by atoms with Gasteiger partial charge in [-0.2, -0.15) is 0 Å². The van der Waals surface area contributed by atoms with Crippen LogP contribution in [-0.2, 0) is 13.0 Å². The maximum atomic E-state index is 2.41. The van der Waals surface area contributed by atoms with Crippen LogP contribution in [0.5, 0.6) is 0 Å². The minimum absolute atomic E-state index is 0. The number of aryl methyl sites for hydroxylation is 2. The van der Waals surface area contributed by atoms with E-state index >= 15 is 0 Å². The zero-order valence-corrected chi connectivity index (χ0v) is 10.5. The summed E-state index contributed by atoms with van der Waals surface area (Å²) in [5.74, 6) is 0. The number of hydrogen-bond acceptors (Lipinski definition) is 0. The van der Waals surface area contributed by atoms with Gasteiger partial charge in [0.1, 0.15) is 6.54 Å². The van der Waals surface area contributed by atoms with Gasteiger partial charge in [-0.25, -0.2) is 4.57 Å². The van der Waals surface area contributed by atoms with Crippen molar-refractivity contribution in [3.8, 4) is 11.1 Å². The Morgan fingerprint density at radius 2 is 1.65 bits per heavy atom. The first-order valence-corrected chi connectivity index (χ1v) is 6.01. The van der Waals surface area contributed by atoms with E-state index < -0.39 is 0 Å². The number of nitrogens with zero attached hydrogens (tertiary/aromatic N) is 1. The lowest BCUT2D eigenvalue weighted by molar-refractivity contribution is -0.708. The summed E-state index contributed by atoms with van der Waals surface area (Å²) in [4.78, 5) is 0. The van der Waals surface area contributed by atoms with E-state index in [1.807, 2.05) is 0 Å². The Morgan fingerprint density at radius 1 is 0.824 bits per heavy atom. The summed E-state index contributed by atoms with van der Waals surface area (Å²) in [6.45, 7) is 1.18. The third-order valence-electron chi connectivity index (χ3n) is 3.31. The number of pyridine rings is 1. The fourth-order valence-electron chi connectivity index (χ4n) is 2.40. The van der Waals surface area contributed by atoms with Crippen LogP contribution in [0.25, 0.3) is 11.1 Å². The van der Waals surface area contributed by atoms with Gasteiger partial charge in [0.15, 0.2) is 11.9 Å². The standard InChI is InChI=1S/C15H16N.ClH/c1-2-6-13(7-3-1)14-9-10-15-8-4-5-11-16(15)12-14;/h1-3,6-7,9-10,12H,4-5,8,11H2;1H/q+1;/p-1. The van der Waals surface area contributed by atoms with Crippen molar-refractivity contribution in [2.75, 3.05) is 0 Å². The second-order valence-corrected chi connectivity index (χ2v) is 4.43. The third-order valence-corrected chi connectivity index (χ3v) is 3.31. The van der Waals surface area contributed by atoms with Crippen LogP contribution in [0.1, 0.15) is 18.5 Å². The monoisotopic (exact) mass is 245 g/mol. The van der Waals surface area contributed by atoms with E-state index in [1.54, 1.807) is 0 Å². The molecular weight excluding hydrogens is 230 g/mol. The van der Waals surface area contributed by atoms with Gasteiger partial charge < -0.3 is 12.4 Å². The molecule has 0 bridgehead atoms. The molecule has 0 amide bonds. The smallest absolute Gasteiger partial charge is 0.181 e. The van der Waals surface area contributed by atoms with Crippen molar-refractivity contribution in [2.24, 2.45) is 0 Å². The van der Waals surface area contributed by atoms with Crippen molar-refractivity contribution in [3.63, 3.8) is 0 Å². The number of aromatic nitrogens is 1. The summed E-state index contributed by atoms with van der Waals surface area (Å²) in [5, 5.41) is 0. The molecule has 2 aromatic rings. The van der Waals surface area contributed by atoms with E-state index in [-0.39, 0.29) is 12.4 Å². The summed E-state index contributed by atoms with van der Waals surface area (Å²) in [6.07, 6.45) is 6.18. The molecule has 0 N–H and O–H groups in total. The SMILES string of the molecule is [Cl-].c1ccc(-c2ccc3[n+](c2)CCCC3)cc1. The molecule has 1 aromatic heterocycles. The van der Waals surface area contributed by atoms with Crippen LogP contribution in [0.4, 0.5) is 0 Å². The number of rotatable bonds is 1. The number of fused-ring (bicyclic) bond motifs is 1. The van der Waals surface area contributed by atoms with E-state index in [0.29, 0.717) is 0 Å². The van der Waals surface area contributed by atoms with Crippen LogP contribution in [0.3, 0.4) is 0 Å². The van der Waals surface area contributed by atoms with Gasteiger partial charge in [-0.15, -0.1) is 0 Å². The van der Waals surface area contributed by atoms with Crippen molar-refractivity contribution >= 4 is 0 Å². The van der Waals surface area contributed by atoms with Gasteiger partial charge in [0.25, 0.3) is 0 Å². The van der Waals surface area contributed by atoms with Gasteiger partial charge in [-0.05, 0) is 18.1 Å². The summed E-state index contributed by atoms with van der Waals surface area (Å²) in [7, 11) is 0. The van der Waals surface area contributed by atoms with E-state index in [2.05, 4.69) is 53.2 Å². The van der Waals surface area contributed by atoms with Gasteiger partial charge in [0, 0.05) is 24.5 Å². The van der Waals surface area contributed by atoms with E-state index in [4.69, 9.17) is 0 Å². The minimum Gasteiger partial charge on any atom is -1.00 e. The Labute approximate surface area is 109 Å². The molecule has 3 rings (SSSR count). The highest BCUT2D eigenvalue weighted by molar-refractivity contribution is 5.61. The molecule has 0 spiro atoms. The fourth-order valence-corrected chi connectivity index (χ4v) is 2.40. The average Bonchev–Trinajstić information content (AvgIpc) is 2.39. The molecule has 2 heteroatoms. The second kappa shape index (κ2) is 5.33. The Kier molecular flexibility index (Phi) is 3.80. The van der Waals surface area contributed by atoms with Crippen molar-refractivity contribution in [1.29, 1.82) is 0 Å². The first kappa shape index (κ1) is 12.1. The van der Waals surface area contributed by atoms with Crippen molar-refractivity contribution < 1.29 is 17.0 Å². The molecule has 2 heterocycles. The Morgan fingerprint density at radius 3 is 2.47 bits per heavy atom. The average molecular weight is 246 g/mol. The van der Waals surface area contributed by atoms with Crippen LogP contribution in [0, 0.1) is 0 Å². The molecule has 0 atom stereocenters. The second-order valence-electron chi connectivity index (χ2n) is 4.43. The quantitative estimate of drug-likeness (QED) is 0.622. The molecular formula is C15H16ClN. The normalized spacial score (nSPS) is 13.6. The first-order valence-electron chi connectivity index (χ1n) is 6.01. The molecule has 1 aliphatic rings. The van der Waals surface area contributed by atoms with Crippen molar-refractivity contribution in [3.05, 3.63) is 54.4 Å². The molecule has 0 unspecified atom stereocenters. The maximum Gasteiger partial charge on any atom is 0.181 e. The van der Waals surface area contributed by atoms with Gasteiger partial charge in [0.2, 0.25) is 0 Å². The molecule has 17 heavy (non-hydrogen) atoms. The molecule has 0 saturated heterocycles. The van der Waals surface area contributed by atoms with Crippen LogP contribution in [0.15, 0.2) is 48.7 Å². The fraction of sp³-hybridized carbons (Fsp3) is 0.267. The minimum atomic E-state index is 0. The zero-order chi connectivity index (χ0) is 10.8. The highest BCUT2D eigenvalue weighted by Crippen LogP contribution is 2.18. The molecule has 1 aliphatic heterocycles. The number of hydrogen-bond donors (Lipinski definition) is 0. The lowest BCUT2D eigenvalue weighted by Gasteiger charge is -2.10. The summed E-state index contributed by atoms with van der Waals surface area (Å²) < 4.78 is 2.41. The number of benzene rings is 1. The lowest BCUT2D eigenvalue weighted by atomic mass is 10.0. The van der Waals surface area contributed by atoms with Crippen molar-refractivity contribution in [1.82, 2.24) is 0 Å². The summed E-state index contributed by atoms with van der Waals surface area (Å²) in [5.41, 5.74) is 4.11. The van der Waals surface area contributed by atoms with Crippen LogP contribution in [-0.4, -0.2) is 0 Å². The topological polar surface area (TPSA) is 3.88 Å². The van der Waals surface area contributed by atoms with Crippen LogP contribution < -0.4 is 17.0 Å². The highest BCUT2D eigenvalue weighted by atomic mass is 35.5. The molecule has 1 aromatic carbocycles. The Balaban J connectivity index is 0.00000108. The van der Waals surface area contributed by atoms with Gasteiger partial charge in [0.05, 0.1) is 0 Å². The Bertz CT molecular complexity index is 494. The predicted octanol–water partition coefficient (Wildman–Crippen LogP) is -0.0186. The molecule has 88 valence electrons. The van der Waals surface area contributed by atoms with Gasteiger partial charge in [-0.1, -0.05) is 30.3 Å². The first-order chi connectivity index (χ1) is 7.93. The van der Waals surface area contributed by atoms with Crippen molar-refractivity contribution in [2.45, 2.75) is 25.8 Å². The molecule has 0 aliphatic carbocycles. The van der Waals surface area contributed by atoms with E-state index in [9.17, 15) is 0 Å².